The van der Waals surface area contributed by atoms with E-state index >= 15 is 0 Å². The van der Waals surface area contributed by atoms with Gasteiger partial charge in [0, 0.05) is 18.5 Å². The van der Waals surface area contributed by atoms with Crippen molar-refractivity contribution in [2.75, 3.05) is 7.05 Å². The molecule has 3 rings (SSSR count). The van der Waals surface area contributed by atoms with Crippen LogP contribution < -0.4 is 0 Å². The lowest BCUT2D eigenvalue weighted by atomic mass is 9.92. The predicted molar refractivity (Wildman–Crippen MR) is 88.9 cm³/mol. The van der Waals surface area contributed by atoms with Gasteiger partial charge in [-0.15, -0.1) is 0 Å². The van der Waals surface area contributed by atoms with Crippen molar-refractivity contribution in [3.63, 3.8) is 0 Å². The van der Waals surface area contributed by atoms with Crippen LogP contribution in [-0.2, 0) is 6.54 Å². The number of nitrogens with zero attached hydrogens (tertiary/aromatic N) is 1. The lowest BCUT2D eigenvalue weighted by molar-refractivity contribution is 0.210. The highest BCUT2D eigenvalue weighted by Crippen LogP contribution is 2.32. The average Bonchev–Trinajstić information content (AvgIpc) is 3.03. The average molecular weight is 275 g/mol. The van der Waals surface area contributed by atoms with Gasteiger partial charge in [0.05, 0.1) is 0 Å². The summed E-state index contributed by atoms with van der Waals surface area (Å²) in [5.74, 6) is 0.445. The highest BCUT2D eigenvalue weighted by atomic mass is 15.1. The summed E-state index contributed by atoms with van der Waals surface area (Å²) in [5.41, 5.74) is 2.73. The normalized spacial score (nSPS) is 15.7. The van der Waals surface area contributed by atoms with Crippen molar-refractivity contribution in [2.45, 2.75) is 12.6 Å². The SMILES string of the molecule is CN(Cc1ccccc1)C(c1ccccc1)C1C=CC=C1. The molecule has 1 heteroatoms. The monoisotopic (exact) mass is 275 g/mol. The number of allylic oxidation sites excluding steroid dienone is 2. The van der Waals surface area contributed by atoms with Crippen LogP contribution in [0.2, 0.25) is 0 Å². The molecule has 1 aliphatic carbocycles. The minimum absolute atomic E-state index is 0.376. The molecule has 0 spiro atoms. The minimum Gasteiger partial charge on any atom is -0.294 e. The number of benzene rings is 2. The molecule has 0 fully saturated rings. The van der Waals surface area contributed by atoms with Crippen LogP contribution in [0.4, 0.5) is 0 Å². The molecule has 2 aromatic carbocycles. The molecular weight excluding hydrogens is 254 g/mol. The Morgan fingerprint density at radius 2 is 1.43 bits per heavy atom. The Labute approximate surface area is 127 Å². The molecule has 0 heterocycles. The van der Waals surface area contributed by atoms with Gasteiger partial charge in [0.25, 0.3) is 0 Å². The maximum absolute atomic E-state index is 2.44. The molecule has 1 nitrogen and oxygen atoms in total. The molecule has 2 aromatic rings. The van der Waals surface area contributed by atoms with Crippen LogP contribution in [0, 0.1) is 5.92 Å². The highest BCUT2D eigenvalue weighted by molar-refractivity contribution is 5.28. The summed E-state index contributed by atoms with van der Waals surface area (Å²) in [5, 5.41) is 0. The first kappa shape index (κ1) is 13.8. The van der Waals surface area contributed by atoms with Crippen molar-refractivity contribution < 1.29 is 0 Å². The summed E-state index contributed by atoms with van der Waals surface area (Å²) in [6, 6.07) is 21.8. The fourth-order valence-electron chi connectivity index (χ4n) is 3.05. The molecule has 1 atom stereocenters. The van der Waals surface area contributed by atoms with E-state index in [0.29, 0.717) is 12.0 Å². The molecule has 106 valence electrons. The van der Waals surface area contributed by atoms with E-state index in [9.17, 15) is 0 Å². The smallest absolute Gasteiger partial charge is 0.0446 e. The van der Waals surface area contributed by atoms with Crippen LogP contribution >= 0.6 is 0 Å². The summed E-state index contributed by atoms with van der Waals surface area (Å²) >= 11 is 0. The zero-order valence-electron chi connectivity index (χ0n) is 12.4. The van der Waals surface area contributed by atoms with E-state index in [1.807, 2.05) is 0 Å². The van der Waals surface area contributed by atoms with E-state index in [-0.39, 0.29) is 0 Å². The van der Waals surface area contributed by atoms with Crippen LogP contribution in [0.5, 0.6) is 0 Å². The zero-order chi connectivity index (χ0) is 14.5. The van der Waals surface area contributed by atoms with Crippen LogP contribution in [0.25, 0.3) is 0 Å². The first-order valence-electron chi connectivity index (χ1n) is 7.49. The second-order valence-electron chi connectivity index (χ2n) is 5.60. The van der Waals surface area contributed by atoms with Gasteiger partial charge in [-0.25, -0.2) is 0 Å². The van der Waals surface area contributed by atoms with E-state index in [1.54, 1.807) is 0 Å². The largest absolute Gasteiger partial charge is 0.294 e. The van der Waals surface area contributed by atoms with Gasteiger partial charge in [0.1, 0.15) is 0 Å². The number of hydrogen-bond donors (Lipinski definition) is 0. The Morgan fingerprint density at radius 1 is 0.857 bits per heavy atom. The van der Waals surface area contributed by atoms with Crippen molar-refractivity contribution in [3.8, 4) is 0 Å². The van der Waals surface area contributed by atoms with Gasteiger partial charge in [-0.1, -0.05) is 85.0 Å². The molecule has 1 unspecified atom stereocenters. The van der Waals surface area contributed by atoms with Gasteiger partial charge in [-0.2, -0.15) is 0 Å². The van der Waals surface area contributed by atoms with Gasteiger partial charge in [-0.3, -0.25) is 4.90 Å². The van der Waals surface area contributed by atoms with Crippen LogP contribution in [-0.4, -0.2) is 11.9 Å². The maximum Gasteiger partial charge on any atom is 0.0446 e. The molecule has 0 radical (unpaired) electrons. The summed E-state index contributed by atoms with van der Waals surface area (Å²) in [6.07, 6.45) is 8.88. The van der Waals surface area contributed by atoms with Crippen molar-refractivity contribution >= 4 is 0 Å². The second kappa shape index (κ2) is 6.55. The Kier molecular flexibility index (Phi) is 4.32. The first-order valence-corrected chi connectivity index (χ1v) is 7.49. The summed E-state index contributed by atoms with van der Waals surface area (Å²) in [4.78, 5) is 2.44. The molecule has 21 heavy (non-hydrogen) atoms. The Bertz CT molecular complexity index is 601. The lowest BCUT2D eigenvalue weighted by Crippen LogP contribution is -2.28. The summed E-state index contributed by atoms with van der Waals surface area (Å²) in [7, 11) is 2.21. The minimum atomic E-state index is 0.376. The van der Waals surface area contributed by atoms with E-state index in [1.165, 1.54) is 11.1 Å². The van der Waals surface area contributed by atoms with Gasteiger partial charge in [0.2, 0.25) is 0 Å². The third kappa shape index (κ3) is 3.32. The predicted octanol–water partition coefficient (Wildman–Crippen LogP) is 4.60. The fraction of sp³-hybridized carbons (Fsp3) is 0.200. The Balaban J connectivity index is 1.85. The van der Waals surface area contributed by atoms with Crippen LogP contribution in [0.1, 0.15) is 17.2 Å². The highest BCUT2D eigenvalue weighted by Gasteiger charge is 2.24. The molecule has 0 amide bonds. The molecule has 0 aromatic heterocycles. The molecule has 0 bridgehead atoms. The third-order valence-corrected chi connectivity index (χ3v) is 4.03. The number of rotatable bonds is 5. The van der Waals surface area contributed by atoms with E-state index < -0.39 is 0 Å². The Hall–Kier alpha value is -2.12. The zero-order valence-corrected chi connectivity index (χ0v) is 12.4. The van der Waals surface area contributed by atoms with Crippen LogP contribution in [0.15, 0.2) is 85.0 Å². The summed E-state index contributed by atoms with van der Waals surface area (Å²) in [6.45, 7) is 0.957. The molecule has 0 aliphatic heterocycles. The fourth-order valence-corrected chi connectivity index (χ4v) is 3.05. The number of hydrogen-bond acceptors (Lipinski definition) is 1. The second-order valence-corrected chi connectivity index (χ2v) is 5.60. The van der Waals surface area contributed by atoms with Gasteiger partial charge < -0.3 is 0 Å². The topological polar surface area (TPSA) is 3.24 Å². The lowest BCUT2D eigenvalue weighted by Gasteiger charge is -2.32. The molecule has 1 aliphatic rings. The van der Waals surface area contributed by atoms with E-state index in [0.717, 1.165) is 6.54 Å². The van der Waals surface area contributed by atoms with E-state index in [4.69, 9.17) is 0 Å². The van der Waals surface area contributed by atoms with Gasteiger partial charge in [0.15, 0.2) is 0 Å². The van der Waals surface area contributed by atoms with Crippen molar-refractivity contribution in [2.24, 2.45) is 5.92 Å². The molecule has 0 saturated heterocycles. The third-order valence-electron chi connectivity index (χ3n) is 4.03. The van der Waals surface area contributed by atoms with E-state index in [2.05, 4.69) is 96.9 Å². The summed E-state index contributed by atoms with van der Waals surface area (Å²) < 4.78 is 0. The standard InChI is InChI=1S/C20H21N/c1-21(16-17-10-4-2-5-11-17)20(19-14-8-9-15-19)18-12-6-3-7-13-18/h2-15,19-20H,16H2,1H3. The molecule has 0 N–H and O–H groups in total. The molecule has 0 saturated carbocycles. The van der Waals surface area contributed by atoms with Crippen molar-refractivity contribution in [1.29, 1.82) is 0 Å². The maximum atomic E-state index is 2.44. The quantitative estimate of drug-likeness (QED) is 0.770. The van der Waals surface area contributed by atoms with Gasteiger partial charge >= 0.3 is 0 Å². The molecular formula is C20H21N. The van der Waals surface area contributed by atoms with Crippen molar-refractivity contribution in [3.05, 3.63) is 96.1 Å². The van der Waals surface area contributed by atoms with Gasteiger partial charge in [-0.05, 0) is 18.2 Å². The van der Waals surface area contributed by atoms with Crippen molar-refractivity contribution in [1.82, 2.24) is 4.90 Å². The Morgan fingerprint density at radius 3 is 2.05 bits per heavy atom. The first-order chi connectivity index (χ1) is 10.3. The van der Waals surface area contributed by atoms with Crippen LogP contribution in [0.3, 0.4) is 0 Å².